The molecule has 0 saturated heterocycles. The number of nitrogens with one attached hydrogen (secondary N) is 1. The Morgan fingerprint density at radius 2 is 1.52 bits per heavy atom. The molecule has 134 valence electrons. The molecule has 2 aromatic carbocycles. The van der Waals surface area contributed by atoms with Gasteiger partial charge in [-0.2, -0.15) is 0 Å². The number of sulfonamides is 1. The van der Waals surface area contributed by atoms with Gasteiger partial charge in [-0.05, 0) is 30.3 Å². The zero-order chi connectivity index (χ0) is 18.4. The summed E-state index contributed by atoms with van der Waals surface area (Å²) in [6.45, 7) is 0. The summed E-state index contributed by atoms with van der Waals surface area (Å²) in [5.41, 5.74) is 0.790. The van der Waals surface area contributed by atoms with Crippen LogP contribution in [-0.2, 0) is 10.0 Å². The molecular weight excluding hydrogens is 346 g/mol. The van der Waals surface area contributed by atoms with Gasteiger partial charge in [-0.3, -0.25) is 4.72 Å². The molecule has 0 unspecified atom stereocenters. The van der Waals surface area contributed by atoms with Crippen molar-refractivity contribution in [2.45, 2.75) is 0 Å². The van der Waals surface area contributed by atoms with E-state index in [9.17, 15) is 13.5 Å². The number of phenols is 1. The van der Waals surface area contributed by atoms with Crippen LogP contribution >= 0.6 is 0 Å². The van der Waals surface area contributed by atoms with Crippen molar-refractivity contribution in [2.24, 2.45) is 0 Å². The number of hydrogen-bond donors (Lipinski definition) is 2. The Morgan fingerprint density at radius 3 is 2.00 bits per heavy atom. The van der Waals surface area contributed by atoms with E-state index < -0.39 is 10.0 Å². The number of ether oxygens (including phenoxy) is 3. The summed E-state index contributed by atoms with van der Waals surface area (Å²) in [7, 11) is 0.678. The van der Waals surface area contributed by atoms with Gasteiger partial charge in [-0.1, -0.05) is 0 Å². The van der Waals surface area contributed by atoms with Crippen molar-refractivity contribution >= 4 is 21.8 Å². The fourth-order valence-corrected chi connectivity index (χ4v) is 2.93. The average Bonchev–Trinajstić information content (AvgIpc) is 2.61. The SMILES string of the molecule is COc1cc(OC)c(C=CS(=O)(=O)Nc2ccc(O)cc2)c(OC)c1. The number of anilines is 1. The summed E-state index contributed by atoms with van der Waals surface area (Å²) < 4.78 is 42.5. The van der Waals surface area contributed by atoms with Gasteiger partial charge in [-0.25, -0.2) is 8.42 Å². The number of phenolic OH excluding ortho intramolecular Hbond substituents is 1. The first-order valence-corrected chi connectivity index (χ1v) is 8.73. The van der Waals surface area contributed by atoms with Gasteiger partial charge in [0.1, 0.15) is 23.0 Å². The van der Waals surface area contributed by atoms with Gasteiger partial charge in [0.2, 0.25) is 0 Å². The number of benzene rings is 2. The Hall–Kier alpha value is -2.87. The van der Waals surface area contributed by atoms with Crippen molar-refractivity contribution in [1.29, 1.82) is 0 Å². The van der Waals surface area contributed by atoms with E-state index in [1.165, 1.54) is 51.7 Å². The quantitative estimate of drug-likeness (QED) is 0.733. The summed E-state index contributed by atoms with van der Waals surface area (Å²) in [6.07, 6.45) is 1.37. The van der Waals surface area contributed by atoms with Crippen LogP contribution in [0.2, 0.25) is 0 Å². The van der Waals surface area contributed by atoms with Gasteiger partial charge in [0.25, 0.3) is 10.0 Å². The summed E-state index contributed by atoms with van der Waals surface area (Å²) in [5, 5.41) is 10.2. The molecule has 0 spiro atoms. The molecule has 0 atom stereocenters. The van der Waals surface area contributed by atoms with Gasteiger partial charge in [0.15, 0.2) is 0 Å². The summed E-state index contributed by atoms with van der Waals surface area (Å²) >= 11 is 0. The number of methoxy groups -OCH3 is 3. The van der Waals surface area contributed by atoms with E-state index in [4.69, 9.17) is 14.2 Å². The highest BCUT2D eigenvalue weighted by molar-refractivity contribution is 7.95. The molecule has 8 heteroatoms. The van der Waals surface area contributed by atoms with Crippen molar-refractivity contribution in [2.75, 3.05) is 26.1 Å². The fraction of sp³-hybridized carbons (Fsp3) is 0.176. The van der Waals surface area contributed by atoms with E-state index in [-0.39, 0.29) is 5.75 Å². The highest BCUT2D eigenvalue weighted by Gasteiger charge is 2.13. The minimum atomic E-state index is -3.77. The molecule has 7 nitrogen and oxygen atoms in total. The van der Waals surface area contributed by atoms with Crippen molar-refractivity contribution in [3.63, 3.8) is 0 Å². The van der Waals surface area contributed by atoms with E-state index >= 15 is 0 Å². The Labute approximate surface area is 146 Å². The van der Waals surface area contributed by atoms with E-state index in [1.54, 1.807) is 12.1 Å². The molecule has 0 amide bonds. The molecular formula is C17H19NO6S. The molecule has 0 heterocycles. The maximum absolute atomic E-state index is 12.2. The van der Waals surface area contributed by atoms with Crippen LogP contribution in [0.4, 0.5) is 5.69 Å². The lowest BCUT2D eigenvalue weighted by Crippen LogP contribution is -2.08. The Kier molecular flexibility index (Phi) is 5.76. The second kappa shape index (κ2) is 7.80. The Bertz CT molecular complexity index is 834. The number of rotatable bonds is 7. The lowest BCUT2D eigenvalue weighted by molar-refractivity contribution is 0.374. The molecule has 25 heavy (non-hydrogen) atoms. The minimum Gasteiger partial charge on any atom is -0.508 e. The van der Waals surface area contributed by atoms with Crippen molar-refractivity contribution in [3.05, 3.63) is 47.4 Å². The Balaban J connectivity index is 2.32. The first-order valence-electron chi connectivity index (χ1n) is 7.18. The molecule has 2 N–H and O–H groups in total. The smallest absolute Gasteiger partial charge is 0.255 e. The van der Waals surface area contributed by atoms with Crippen LogP contribution in [-0.4, -0.2) is 34.9 Å². The third kappa shape index (κ3) is 4.80. The summed E-state index contributed by atoms with van der Waals surface area (Å²) in [6, 6.07) is 8.93. The normalized spacial score (nSPS) is 11.3. The van der Waals surface area contributed by atoms with Crippen molar-refractivity contribution in [3.8, 4) is 23.0 Å². The third-order valence-electron chi connectivity index (χ3n) is 3.29. The molecule has 0 fully saturated rings. The van der Waals surface area contributed by atoms with Crippen LogP contribution in [0, 0.1) is 0 Å². The Morgan fingerprint density at radius 1 is 0.960 bits per heavy atom. The largest absolute Gasteiger partial charge is 0.508 e. The zero-order valence-electron chi connectivity index (χ0n) is 14.0. The van der Waals surface area contributed by atoms with Crippen LogP contribution in [0.1, 0.15) is 5.56 Å². The molecule has 2 aromatic rings. The van der Waals surface area contributed by atoms with Gasteiger partial charge >= 0.3 is 0 Å². The van der Waals surface area contributed by atoms with Crippen molar-refractivity contribution in [1.82, 2.24) is 0 Å². The number of aromatic hydroxyl groups is 1. The molecule has 0 aliphatic heterocycles. The standard InChI is InChI=1S/C17H19NO6S/c1-22-14-10-16(23-2)15(17(11-14)24-3)8-9-25(20,21)18-12-4-6-13(19)7-5-12/h4-11,18-19H,1-3H3. The third-order valence-corrected chi connectivity index (χ3v) is 4.31. The van der Waals surface area contributed by atoms with Crippen LogP contribution in [0.5, 0.6) is 23.0 Å². The second-order valence-electron chi connectivity index (χ2n) is 4.94. The van der Waals surface area contributed by atoms with E-state index in [2.05, 4.69) is 4.72 Å². The van der Waals surface area contributed by atoms with Crippen LogP contribution in [0.15, 0.2) is 41.8 Å². The highest BCUT2D eigenvalue weighted by atomic mass is 32.2. The first-order chi connectivity index (χ1) is 11.9. The lowest BCUT2D eigenvalue weighted by Gasteiger charge is -2.12. The maximum atomic E-state index is 12.2. The molecule has 0 aliphatic carbocycles. The lowest BCUT2D eigenvalue weighted by atomic mass is 10.1. The molecule has 2 rings (SSSR count). The monoisotopic (exact) mass is 365 g/mol. The predicted molar refractivity (Wildman–Crippen MR) is 95.8 cm³/mol. The second-order valence-corrected chi connectivity index (χ2v) is 6.51. The van der Waals surface area contributed by atoms with E-state index in [1.807, 2.05) is 0 Å². The first kappa shape index (κ1) is 18.5. The van der Waals surface area contributed by atoms with Crippen LogP contribution in [0.3, 0.4) is 0 Å². The predicted octanol–water partition coefficient (Wildman–Crippen LogP) is 2.83. The minimum absolute atomic E-state index is 0.0474. The molecule has 0 aliphatic rings. The van der Waals surface area contributed by atoms with Gasteiger partial charge in [0.05, 0.1) is 32.3 Å². The molecule has 0 saturated carbocycles. The summed E-state index contributed by atoms with van der Waals surface area (Å²) in [4.78, 5) is 0. The fourth-order valence-electron chi connectivity index (χ4n) is 2.08. The van der Waals surface area contributed by atoms with Crippen molar-refractivity contribution < 1.29 is 27.7 Å². The molecule has 0 radical (unpaired) electrons. The molecule has 0 aromatic heterocycles. The van der Waals surface area contributed by atoms with Gasteiger partial charge in [-0.15, -0.1) is 0 Å². The van der Waals surface area contributed by atoms with Gasteiger partial charge in [0, 0.05) is 17.8 Å². The maximum Gasteiger partial charge on any atom is 0.255 e. The topological polar surface area (TPSA) is 94.1 Å². The number of hydrogen-bond acceptors (Lipinski definition) is 6. The average molecular weight is 365 g/mol. The van der Waals surface area contributed by atoms with Crippen LogP contribution in [0.25, 0.3) is 6.08 Å². The van der Waals surface area contributed by atoms with E-state index in [0.29, 0.717) is 28.5 Å². The van der Waals surface area contributed by atoms with E-state index in [0.717, 1.165) is 5.41 Å². The van der Waals surface area contributed by atoms with Crippen LogP contribution < -0.4 is 18.9 Å². The highest BCUT2D eigenvalue weighted by Crippen LogP contribution is 2.35. The summed E-state index contributed by atoms with van der Waals surface area (Å²) in [5.74, 6) is 1.39. The molecule has 0 bridgehead atoms. The van der Waals surface area contributed by atoms with Gasteiger partial charge < -0.3 is 19.3 Å². The zero-order valence-corrected chi connectivity index (χ0v) is 14.8.